The lowest BCUT2D eigenvalue weighted by molar-refractivity contribution is 0.0961. The summed E-state index contributed by atoms with van der Waals surface area (Å²) in [4.78, 5) is 28.5. The molecule has 0 unspecified atom stereocenters. The molecule has 0 spiro atoms. The number of amides is 1. The van der Waals surface area contributed by atoms with Crippen LogP contribution in [0.5, 0.6) is 5.75 Å². The van der Waals surface area contributed by atoms with Crippen molar-refractivity contribution in [3.63, 3.8) is 0 Å². The molecule has 2 N–H and O–H groups in total. The van der Waals surface area contributed by atoms with E-state index in [2.05, 4.69) is 10.3 Å². The van der Waals surface area contributed by atoms with Crippen LogP contribution in [0.25, 0.3) is 0 Å². The number of rotatable bonds is 4. The second-order valence-corrected chi connectivity index (χ2v) is 5.61. The van der Waals surface area contributed by atoms with Gasteiger partial charge in [-0.3, -0.25) is 14.6 Å². The third kappa shape index (κ3) is 4.14. The Morgan fingerprint density at radius 1 is 1.42 bits per heavy atom. The summed E-state index contributed by atoms with van der Waals surface area (Å²) < 4.78 is 14.9. The van der Waals surface area contributed by atoms with E-state index >= 15 is 0 Å². The number of allylic oxidation sites excluding steroid dienone is 2. The van der Waals surface area contributed by atoms with Gasteiger partial charge in [0, 0.05) is 19.8 Å². The van der Waals surface area contributed by atoms with E-state index in [1.165, 1.54) is 25.7 Å². The maximum atomic E-state index is 13.9. The molecule has 0 saturated carbocycles. The van der Waals surface area contributed by atoms with Crippen molar-refractivity contribution in [3.05, 3.63) is 51.4 Å². The minimum Gasteiger partial charge on any atom is -0.504 e. The fraction of sp³-hybridized carbons (Fsp3) is 0.312. The maximum Gasteiger partial charge on any atom is 0.267 e. The van der Waals surface area contributed by atoms with Gasteiger partial charge in [0.05, 0.1) is 10.7 Å². The van der Waals surface area contributed by atoms with Crippen LogP contribution < -0.4 is 10.9 Å². The van der Waals surface area contributed by atoms with Gasteiger partial charge in [0.2, 0.25) is 0 Å². The molecule has 0 aromatic carbocycles. The first-order chi connectivity index (χ1) is 11.3. The SMILES string of the molecule is CC=C(/C=C\C(=N/C)SC)NC(=O)c1c(O)c(F)c(C)n(C)c1=O. The summed E-state index contributed by atoms with van der Waals surface area (Å²) in [5.41, 5.74) is -1.08. The van der Waals surface area contributed by atoms with Crippen LogP contribution in [-0.2, 0) is 7.05 Å². The van der Waals surface area contributed by atoms with E-state index < -0.39 is 28.6 Å². The second-order valence-electron chi connectivity index (χ2n) is 4.78. The Labute approximate surface area is 143 Å². The van der Waals surface area contributed by atoms with E-state index in [-0.39, 0.29) is 5.69 Å². The van der Waals surface area contributed by atoms with Crippen LogP contribution in [0.1, 0.15) is 23.0 Å². The molecule has 6 nitrogen and oxygen atoms in total. The highest BCUT2D eigenvalue weighted by atomic mass is 32.2. The van der Waals surface area contributed by atoms with Gasteiger partial charge in [0.1, 0.15) is 5.56 Å². The van der Waals surface area contributed by atoms with Crippen molar-refractivity contribution in [3.8, 4) is 5.75 Å². The minimum absolute atomic E-state index is 0.0519. The van der Waals surface area contributed by atoms with Gasteiger partial charge in [-0.2, -0.15) is 0 Å². The number of nitrogens with one attached hydrogen (secondary N) is 1. The third-order valence-corrected chi connectivity index (χ3v) is 4.15. The van der Waals surface area contributed by atoms with Gasteiger partial charge in [0.25, 0.3) is 11.5 Å². The highest BCUT2D eigenvalue weighted by Gasteiger charge is 2.23. The molecule has 0 aliphatic carbocycles. The van der Waals surface area contributed by atoms with Gasteiger partial charge in [0.15, 0.2) is 11.6 Å². The molecule has 24 heavy (non-hydrogen) atoms. The van der Waals surface area contributed by atoms with Crippen molar-refractivity contribution < 1.29 is 14.3 Å². The Hall–Kier alpha value is -2.35. The molecule has 0 fully saturated rings. The third-order valence-electron chi connectivity index (χ3n) is 3.41. The van der Waals surface area contributed by atoms with Crippen molar-refractivity contribution in [1.29, 1.82) is 0 Å². The predicted octanol–water partition coefficient (Wildman–Crippen LogP) is 2.12. The predicted molar refractivity (Wildman–Crippen MR) is 95.3 cm³/mol. The largest absolute Gasteiger partial charge is 0.504 e. The fourth-order valence-corrected chi connectivity index (χ4v) is 2.24. The Balaban J connectivity index is 3.19. The average molecular weight is 353 g/mol. The summed E-state index contributed by atoms with van der Waals surface area (Å²) in [7, 11) is 2.97. The molecule has 1 aromatic heterocycles. The molecule has 0 saturated heterocycles. The van der Waals surface area contributed by atoms with Crippen LogP contribution in [0.4, 0.5) is 4.39 Å². The first kappa shape index (κ1) is 19.7. The first-order valence-electron chi connectivity index (χ1n) is 7.03. The molecule has 1 heterocycles. The maximum absolute atomic E-state index is 13.9. The van der Waals surface area contributed by atoms with Gasteiger partial charge < -0.3 is 15.0 Å². The molecule has 1 aromatic rings. The monoisotopic (exact) mass is 353 g/mol. The lowest BCUT2D eigenvalue weighted by atomic mass is 10.2. The summed E-state index contributed by atoms with van der Waals surface area (Å²) in [6.07, 6.45) is 6.75. The normalized spacial score (nSPS) is 12.8. The van der Waals surface area contributed by atoms with Crippen molar-refractivity contribution in [2.45, 2.75) is 13.8 Å². The summed E-state index contributed by atoms with van der Waals surface area (Å²) in [6.45, 7) is 3.03. The van der Waals surface area contributed by atoms with Crippen LogP contribution >= 0.6 is 11.8 Å². The Morgan fingerprint density at radius 2 is 2.04 bits per heavy atom. The van der Waals surface area contributed by atoms with E-state index in [4.69, 9.17) is 0 Å². The summed E-state index contributed by atoms with van der Waals surface area (Å²) in [5, 5.41) is 13.0. The number of nitrogens with zero attached hydrogens (tertiary/aromatic N) is 2. The van der Waals surface area contributed by atoms with Gasteiger partial charge >= 0.3 is 0 Å². The number of hydrogen-bond acceptors (Lipinski definition) is 5. The number of aliphatic imine (C=N–C) groups is 1. The number of carbonyl (C=O) groups is 1. The zero-order valence-electron chi connectivity index (χ0n) is 14.2. The molecule has 0 bridgehead atoms. The zero-order chi connectivity index (χ0) is 18.4. The molecule has 0 aliphatic rings. The first-order valence-corrected chi connectivity index (χ1v) is 8.25. The highest BCUT2D eigenvalue weighted by molar-refractivity contribution is 8.13. The molecule has 1 rings (SSSR count). The number of halogens is 1. The molecule has 0 aliphatic heterocycles. The van der Waals surface area contributed by atoms with Gasteiger partial charge in [-0.1, -0.05) is 6.08 Å². The lowest BCUT2D eigenvalue weighted by Gasteiger charge is -2.12. The molecule has 130 valence electrons. The smallest absolute Gasteiger partial charge is 0.267 e. The van der Waals surface area contributed by atoms with Crippen LogP contribution in [0, 0.1) is 12.7 Å². The van der Waals surface area contributed by atoms with E-state index in [0.29, 0.717) is 5.70 Å². The van der Waals surface area contributed by atoms with Crippen LogP contribution in [0.3, 0.4) is 0 Å². The molecule has 0 radical (unpaired) electrons. The second kappa shape index (κ2) is 8.49. The summed E-state index contributed by atoms with van der Waals surface area (Å²) in [5.74, 6) is -2.83. The summed E-state index contributed by atoms with van der Waals surface area (Å²) >= 11 is 1.43. The number of hydrogen-bond donors (Lipinski definition) is 2. The van der Waals surface area contributed by atoms with Crippen LogP contribution in [-0.4, -0.2) is 33.9 Å². The topological polar surface area (TPSA) is 83.7 Å². The summed E-state index contributed by atoms with van der Waals surface area (Å²) in [6, 6.07) is 0. The minimum atomic E-state index is -0.998. The molecule has 0 atom stereocenters. The number of carbonyl (C=O) groups excluding carboxylic acids is 1. The number of aromatic nitrogens is 1. The standard InChI is InChI=1S/C16H20FN3O3S/c1-6-10(7-8-11(18-3)24-5)19-15(22)12-14(21)13(17)9(2)20(4)16(12)23/h6-8,21H,1-5H3,(H,19,22)/b8-7-,10-6?,18-11+. The molecule has 1 amide bonds. The number of pyridine rings is 1. The van der Waals surface area contributed by atoms with E-state index in [0.717, 1.165) is 9.61 Å². The Bertz CT molecular complexity index is 795. The molecular weight excluding hydrogens is 333 g/mol. The van der Waals surface area contributed by atoms with Crippen molar-refractivity contribution in [2.75, 3.05) is 13.3 Å². The van der Waals surface area contributed by atoms with Crippen LogP contribution in [0.15, 0.2) is 33.7 Å². The lowest BCUT2D eigenvalue weighted by Crippen LogP contribution is -2.33. The molecule has 8 heteroatoms. The van der Waals surface area contributed by atoms with E-state index in [1.54, 1.807) is 32.2 Å². The number of thioether (sulfide) groups is 1. The van der Waals surface area contributed by atoms with Crippen molar-refractivity contribution in [1.82, 2.24) is 9.88 Å². The Kier molecular flexibility index (Phi) is 6.97. The van der Waals surface area contributed by atoms with Gasteiger partial charge in [-0.15, -0.1) is 11.8 Å². The average Bonchev–Trinajstić information content (AvgIpc) is 2.58. The zero-order valence-corrected chi connectivity index (χ0v) is 15.0. The number of aromatic hydroxyl groups is 1. The quantitative estimate of drug-likeness (QED) is 0.493. The Morgan fingerprint density at radius 3 is 2.54 bits per heavy atom. The van der Waals surface area contributed by atoms with Crippen molar-refractivity contribution in [2.24, 2.45) is 12.0 Å². The van der Waals surface area contributed by atoms with E-state index in [1.807, 2.05) is 6.26 Å². The van der Waals surface area contributed by atoms with Crippen LogP contribution in [0.2, 0.25) is 0 Å². The van der Waals surface area contributed by atoms with Gasteiger partial charge in [-0.25, -0.2) is 4.39 Å². The van der Waals surface area contributed by atoms with Gasteiger partial charge in [-0.05, 0) is 32.3 Å². The van der Waals surface area contributed by atoms with Crippen molar-refractivity contribution >= 4 is 22.7 Å². The molecular formula is C16H20FN3O3S. The highest BCUT2D eigenvalue weighted by Crippen LogP contribution is 2.20. The fourth-order valence-electron chi connectivity index (χ4n) is 1.85. The van der Waals surface area contributed by atoms with E-state index in [9.17, 15) is 19.1 Å².